The van der Waals surface area contributed by atoms with E-state index in [0.717, 1.165) is 12.8 Å². The molecule has 0 amide bonds. The van der Waals surface area contributed by atoms with Crippen molar-refractivity contribution in [3.63, 3.8) is 0 Å². The molecule has 0 aliphatic heterocycles. The monoisotopic (exact) mass is 184 g/mol. The van der Waals surface area contributed by atoms with E-state index in [1.165, 1.54) is 0 Å². The van der Waals surface area contributed by atoms with E-state index in [1.807, 2.05) is 0 Å². The Morgan fingerprint density at radius 1 is 1.00 bits per heavy atom. The summed E-state index contributed by atoms with van der Waals surface area (Å²) in [6.07, 6.45) is 3.90. The van der Waals surface area contributed by atoms with E-state index in [2.05, 4.69) is 0 Å². The highest BCUT2D eigenvalue weighted by molar-refractivity contribution is 5.07. The fourth-order valence-electron chi connectivity index (χ4n) is 2.47. The van der Waals surface area contributed by atoms with Crippen molar-refractivity contribution in [2.24, 2.45) is 17.8 Å². The second-order valence-corrected chi connectivity index (χ2v) is 4.17. The van der Waals surface area contributed by atoms with Crippen molar-refractivity contribution in [2.75, 3.05) is 6.61 Å². The first kappa shape index (κ1) is 9.19. The molecular weight excluding hydrogens is 168 g/mol. The molecule has 0 aromatic rings. The molecule has 3 nitrogen and oxygen atoms in total. The Bertz CT molecular complexity index is 194. The van der Waals surface area contributed by atoms with Crippen LogP contribution in [0.4, 0.5) is 0 Å². The molecule has 0 heterocycles. The molecule has 0 bridgehead atoms. The van der Waals surface area contributed by atoms with Crippen LogP contribution in [-0.4, -0.2) is 34.1 Å². The van der Waals surface area contributed by atoms with Gasteiger partial charge in [-0.2, -0.15) is 0 Å². The van der Waals surface area contributed by atoms with Crippen molar-refractivity contribution in [1.29, 1.82) is 0 Å². The standard InChI is InChI=1S/C10H16O3/c11-5-10-8-3-6(12)1-2-7(13)4-9(8)10/h1-2,6-13H,3-5H2/b2-1+. The van der Waals surface area contributed by atoms with Gasteiger partial charge >= 0.3 is 0 Å². The highest BCUT2D eigenvalue weighted by Crippen LogP contribution is 2.52. The van der Waals surface area contributed by atoms with E-state index in [0.29, 0.717) is 17.8 Å². The summed E-state index contributed by atoms with van der Waals surface area (Å²) in [6, 6.07) is 0. The van der Waals surface area contributed by atoms with Crippen LogP contribution in [0.2, 0.25) is 0 Å². The first-order chi connectivity index (χ1) is 6.22. The van der Waals surface area contributed by atoms with Gasteiger partial charge in [0, 0.05) is 6.61 Å². The Labute approximate surface area is 77.7 Å². The summed E-state index contributed by atoms with van der Waals surface area (Å²) in [5, 5.41) is 27.9. The number of fused-ring (bicyclic) bond motifs is 1. The molecule has 0 saturated heterocycles. The van der Waals surface area contributed by atoms with Gasteiger partial charge in [0.05, 0.1) is 12.2 Å². The molecule has 0 radical (unpaired) electrons. The number of aliphatic hydroxyl groups is 3. The fourth-order valence-corrected chi connectivity index (χ4v) is 2.47. The molecule has 1 saturated carbocycles. The molecule has 0 spiro atoms. The van der Waals surface area contributed by atoms with Gasteiger partial charge in [-0.25, -0.2) is 0 Å². The van der Waals surface area contributed by atoms with E-state index in [4.69, 9.17) is 5.11 Å². The summed E-state index contributed by atoms with van der Waals surface area (Å²) >= 11 is 0. The third-order valence-corrected chi connectivity index (χ3v) is 3.30. The van der Waals surface area contributed by atoms with Crippen LogP contribution in [0.1, 0.15) is 12.8 Å². The maximum Gasteiger partial charge on any atom is 0.0724 e. The molecule has 2 aliphatic carbocycles. The highest BCUT2D eigenvalue weighted by atomic mass is 16.3. The zero-order valence-corrected chi connectivity index (χ0v) is 7.50. The molecule has 3 N–H and O–H groups in total. The second-order valence-electron chi connectivity index (χ2n) is 4.17. The number of aliphatic hydroxyl groups excluding tert-OH is 3. The van der Waals surface area contributed by atoms with Crippen LogP contribution in [-0.2, 0) is 0 Å². The van der Waals surface area contributed by atoms with Gasteiger partial charge in [-0.3, -0.25) is 0 Å². The Balaban J connectivity index is 2.02. The largest absolute Gasteiger partial charge is 0.396 e. The molecular formula is C10H16O3. The predicted octanol–water partition coefficient (Wildman–Crippen LogP) is -0.0873. The molecule has 4 unspecified atom stereocenters. The van der Waals surface area contributed by atoms with Crippen molar-refractivity contribution in [3.05, 3.63) is 12.2 Å². The third-order valence-electron chi connectivity index (χ3n) is 3.30. The molecule has 1 fully saturated rings. The van der Waals surface area contributed by atoms with Crippen molar-refractivity contribution in [2.45, 2.75) is 25.0 Å². The molecule has 0 aromatic carbocycles. The minimum atomic E-state index is -0.445. The summed E-state index contributed by atoms with van der Waals surface area (Å²) in [6.45, 7) is 0.189. The van der Waals surface area contributed by atoms with Crippen LogP contribution in [0.25, 0.3) is 0 Å². The topological polar surface area (TPSA) is 60.7 Å². The van der Waals surface area contributed by atoms with Crippen LogP contribution in [0.5, 0.6) is 0 Å². The van der Waals surface area contributed by atoms with Gasteiger partial charge in [0.25, 0.3) is 0 Å². The maximum atomic E-state index is 9.46. The summed E-state index contributed by atoms with van der Waals surface area (Å²) in [7, 11) is 0. The minimum absolute atomic E-state index is 0.189. The summed E-state index contributed by atoms with van der Waals surface area (Å²) in [4.78, 5) is 0. The van der Waals surface area contributed by atoms with E-state index in [9.17, 15) is 10.2 Å². The molecule has 3 heteroatoms. The molecule has 13 heavy (non-hydrogen) atoms. The average Bonchev–Trinajstić information content (AvgIpc) is 2.71. The van der Waals surface area contributed by atoms with E-state index in [-0.39, 0.29) is 6.61 Å². The Morgan fingerprint density at radius 2 is 1.46 bits per heavy atom. The minimum Gasteiger partial charge on any atom is -0.396 e. The fraction of sp³-hybridized carbons (Fsp3) is 0.800. The van der Waals surface area contributed by atoms with Crippen molar-refractivity contribution < 1.29 is 15.3 Å². The summed E-state index contributed by atoms with van der Waals surface area (Å²) in [5.41, 5.74) is 0. The number of hydrogen-bond donors (Lipinski definition) is 3. The van der Waals surface area contributed by atoms with Crippen LogP contribution in [0.15, 0.2) is 12.2 Å². The van der Waals surface area contributed by atoms with Crippen LogP contribution in [0, 0.1) is 17.8 Å². The van der Waals surface area contributed by atoms with Crippen molar-refractivity contribution in [3.8, 4) is 0 Å². The lowest BCUT2D eigenvalue weighted by atomic mass is 10.0. The zero-order chi connectivity index (χ0) is 9.42. The van der Waals surface area contributed by atoms with E-state index >= 15 is 0 Å². The van der Waals surface area contributed by atoms with E-state index < -0.39 is 12.2 Å². The van der Waals surface area contributed by atoms with Gasteiger partial charge in [-0.15, -0.1) is 0 Å². The third kappa shape index (κ3) is 1.77. The van der Waals surface area contributed by atoms with Crippen LogP contribution in [0.3, 0.4) is 0 Å². The average molecular weight is 184 g/mol. The normalized spacial score (nSPS) is 51.8. The van der Waals surface area contributed by atoms with Crippen LogP contribution < -0.4 is 0 Å². The molecule has 4 atom stereocenters. The summed E-state index contributed by atoms with van der Waals surface area (Å²) in [5.74, 6) is 1.14. The first-order valence-corrected chi connectivity index (χ1v) is 4.87. The number of hydrogen-bond acceptors (Lipinski definition) is 3. The lowest BCUT2D eigenvalue weighted by molar-refractivity contribution is 0.171. The lowest BCUT2D eigenvalue weighted by Gasteiger charge is -2.11. The van der Waals surface area contributed by atoms with E-state index in [1.54, 1.807) is 12.2 Å². The molecule has 0 aromatic heterocycles. The molecule has 2 rings (SSSR count). The quantitative estimate of drug-likeness (QED) is 0.499. The van der Waals surface area contributed by atoms with Gasteiger partial charge in [-0.05, 0) is 30.6 Å². The zero-order valence-electron chi connectivity index (χ0n) is 7.50. The summed E-state index contributed by atoms with van der Waals surface area (Å²) < 4.78 is 0. The van der Waals surface area contributed by atoms with Crippen molar-refractivity contribution >= 4 is 0 Å². The Kier molecular flexibility index (Phi) is 2.41. The number of rotatable bonds is 1. The van der Waals surface area contributed by atoms with Crippen LogP contribution >= 0.6 is 0 Å². The van der Waals surface area contributed by atoms with Gasteiger partial charge in [0.2, 0.25) is 0 Å². The smallest absolute Gasteiger partial charge is 0.0724 e. The van der Waals surface area contributed by atoms with Gasteiger partial charge < -0.3 is 15.3 Å². The predicted molar refractivity (Wildman–Crippen MR) is 47.9 cm³/mol. The van der Waals surface area contributed by atoms with Gasteiger partial charge in [0.1, 0.15) is 0 Å². The molecule has 2 aliphatic rings. The Hall–Kier alpha value is -0.380. The SMILES string of the molecule is OCC1C2CC(O)/C=C/C(O)CC12. The second kappa shape index (κ2) is 3.40. The lowest BCUT2D eigenvalue weighted by Crippen LogP contribution is -2.12. The van der Waals surface area contributed by atoms with Crippen molar-refractivity contribution in [1.82, 2.24) is 0 Å². The Morgan fingerprint density at radius 3 is 1.85 bits per heavy atom. The highest BCUT2D eigenvalue weighted by Gasteiger charge is 2.50. The van der Waals surface area contributed by atoms with Gasteiger partial charge in [-0.1, -0.05) is 12.2 Å². The molecule has 74 valence electrons. The van der Waals surface area contributed by atoms with Gasteiger partial charge in [0.15, 0.2) is 0 Å². The first-order valence-electron chi connectivity index (χ1n) is 4.87. The maximum absolute atomic E-state index is 9.46.